The first-order valence-corrected chi connectivity index (χ1v) is 10.2. The van der Waals surface area contributed by atoms with E-state index in [4.69, 9.17) is 0 Å². The molecule has 7 nitrogen and oxygen atoms in total. The van der Waals surface area contributed by atoms with Crippen molar-refractivity contribution in [1.29, 1.82) is 0 Å². The van der Waals surface area contributed by atoms with Crippen molar-refractivity contribution < 1.29 is 9.59 Å². The number of hydrogen-bond acceptors (Lipinski definition) is 5. The van der Waals surface area contributed by atoms with Gasteiger partial charge in [0, 0.05) is 5.70 Å². The average molecular weight is 419 g/mol. The van der Waals surface area contributed by atoms with Gasteiger partial charge in [0.2, 0.25) is 5.95 Å². The number of imide groups is 1. The summed E-state index contributed by atoms with van der Waals surface area (Å²) in [4.78, 5) is 31.5. The first-order valence-electron chi connectivity index (χ1n) is 10.2. The quantitative estimate of drug-likeness (QED) is 0.505. The molecular formula is C25H17N5O2. The number of benzene rings is 3. The molecule has 2 aliphatic rings. The first kappa shape index (κ1) is 18.3. The highest BCUT2D eigenvalue weighted by Gasteiger charge is 2.40. The van der Waals surface area contributed by atoms with Gasteiger partial charge in [0.15, 0.2) is 0 Å². The van der Waals surface area contributed by atoms with Crippen LogP contribution in [0.3, 0.4) is 0 Å². The van der Waals surface area contributed by atoms with Gasteiger partial charge in [-0.15, -0.1) is 5.10 Å². The van der Waals surface area contributed by atoms with Crippen LogP contribution in [0.5, 0.6) is 0 Å². The van der Waals surface area contributed by atoms with Gasteiger partial charge in [0.25, 0.3) is 17.8 Å². The molecule has 0 spiro atoms. The van der Waals surface area contributed by atoms with Crippen molar-refractivity contribution in [3.05, 3.63) is 113 Å². The number of anilines is 2. The molecule has 1 N–H and O–H groups in total. The van der Waals surface area contributed by atoms with E-state index in [0.717, 1.165) is 21.7 Å². The highest BCUT2D eigenvalue weighted by atomic mass is 16.2. The number of hydrogen-bond donors (Lipinski definition) is 1. The lowest BCUT2D eigenvalue weighted by molar-refractivity contribution is 0.0924. The van der Waals surface area contributed by atoms with Crippen LogP contribution >= 0.6 is 0 Å². The average Bonchev–Trinajstić information content (AvgIpc) is 3.38. The Kier molecular flexibility index (Phi) is 4.01. The molecular weight excluding hydrogens is 402 g/mol. The second kappa shape index (κ2) is 7.02. The molecule has 0 bridgehead atoms. The summed E-state index contributed by atoms with van der Waals surface area (Å²) in [6, 6.07) is 26.4. The SMILES string of the molecule is O=C1c2ccccc2C(=O)N1c1nc2n(n1)C(c1ccccc1)C=C(c1ccccc1)N2. The molecule has 0 fully saturated rings. The van der Waals surface area contributed by atoms with Crippen LogP contribution in [0, 0.1) is 0 Å². The summed E-state index contributed by atoms with van der Waals surface area (Å²) in [5, 5.41) is 7.89. The molecule has 2 aliphatic heterocycles. The molecule has 0 saturated carbocycles. The standard InChI is InChI=1S/C25H17N5O2/c31-22-18-13-7-8-14-19(18)23(32)29(22)25-27-24-26-20(16-9-3-1-4-10-16)15-21(30(24)28-25)17-11-5-2-6-12-17/h1-15,21H,(H,26,27,28). The van der Waals surface area contributed by atoms with E-state index in [2.05, 4.69) is 21.5 Å². The van der Waals surface area contributed by atoms with Crippen molar-refractivity contribution in [2.24, 2.45) is 0 Å². The van der Waals surface area contributed by atoms with Crippen molar-refractivity contribution in [2.45, 2.75) is 6.04 Å². The minimum atomic E-state index is -0.416. The molecule has 4 aromatic rings. The molecule has 154 valence electrons. The Morgan fingerprint density at radius 1 is 0.750 bits per heavy atom. The highest BCUT2D eigenvalue weighted by Crippen LogP contribution is 2.35. The molecule has 0 saturated heterocycles. The lowest BCUT2D eigenvalue weighted by Gasteiger charge is -2.24. The number of carbonyl (C=O) groups is 2. The molecule has 6 rings (SSSR count). The van der Waals surface area contributed by atoms with E-state index >= 15 is 0 Å². The van der Waals surface area contributed by atoms with Gasteiger partial charge in [-0.05, 0) is 29.3 Å². The van der Waals surface area contributed by atoms with E-state index < -0.39 is 11.8 Å². The normalized spacial score (nSPS) is 16.9. The lowest BCUT2D eigenvalue weighted by Crippen LogP contribution is -2.30. The summed E-state index contributed by atoms with van der Waals surface area (Å²) in [5.74, 6) is -0.309. The molecule has 0 radical (unpaired) electrons. The minimum Gasteiger partial charge on any atom is -0.324 e. The second-order valence-electron chi connectivity index (χ2n) is 7.60. The molecule has 32 heavy (non-hydrogen) atoms. The van der Waals surface area contributed by atoms with Crippen LogP contribution in [0.15, 0.2) is 91.0 Å². The second-order valence-corrected chi connectivity index (χ2v) is 7.60. The minimum absolute atomic E-state index is 0.0577. The molecule has 0 aliphatic carbocycles. The van der Waals surface area contributed by atoms with Gasteiger partial charge in [-0.2, -0.15) is 4.98 Å². The summed E-state index contributed by atoms with van der Waals surface area (Å²) in [6.45, 7) is 0. The Bertz CT molecular complexity index is 1360. The molecule has 3 aromatic carbocycles. The van der Waals surface area contributed by atoms with Gasteiger partial charge in [0.05, 0.1) is 11.1 Å². The molecule has 1 unspecified atom stereocenters. The predicted molar refractivity (Wildman–Crippen MR) is 120 cm³/mol. The Labute approximate surface area is 183 Å². The number of nitrogens with zero attached hydrogens (tertiary/aromatic N) is 4. The van der Waals surface area contributed by atoms with Crippen molar-refractivity contribution in [2.75, 3.05) is 10.2 Å². The summed E-state index contributed by atoms with van der Waals surface area (Å²) in [5.41, 5.74) is 3.63. The van der Waals surface area contributed by atoms with Crippen LogP contribution in [-0.2, 0) is 0 Å². The third-order valence-electron chi connectivity index (χ3n) is 5.67. The Balaban J connectivity index is 1.46. The number of rotatable bonds is 3. The fourth-order valence-corrected chi connectivity index (χ4v) is 4.12. The van der Waals surface area contributed by atoms with E-state index in [1.54, 1.807) is 28.9 Å². The van der Waals surface area contributed by atoms with Crippen molar-refractivity contribution in [3.63, 3.8) is 0 Å². The van der Waals surface area contributed by atoms with Crippen molar-refractivity contribution >= 4 is 29.4 Å². The molecule has 1 atom stereocenters. The van der Waals surface area contributed by atoms with Crippen LogP contribution in [0.1, 0.15) is 37.9 Å². The zero-order valence-electron chi connectivity index (χ0n) is 16.8. The topological polar surface area (TPSA) is 80.1 Å². The predicted octanol–water partition coefficient (Wildman–Crippen LogP) is 4.13. The number of aromatic nitrogens is 3. The fraction of sp³-hybridized carbons (Fsp3) is 0.0400. The third-order valence-corrected chi connectivity index (χ3v) is 5.67. The van der Waals surface area contributed by atoms with E-state index in [1.165, 1.54) is 0 Å². The van der Waals surface area contributed by atoms with Crippen LogP contribution in [-0.4, -0.2) is 26.6 Å². The zero-order chi connectivity index (χ0) is 21.7. The Hall–Kier alpha value is -4.52. The number of carbonyl (C=O) groups excluding carboxylic acids is 2. The lowest BCUT2D eigenvalue weighted by atomic mass is 10.0. The number of allylic oxidation sites excluding steroid dienone is 1. The van der Waals surface area contributed by atoms with Crippen molar-refractivity contribution in [3.8, 4) is 0 Å². The number of amides is 2. The van der Waals surface area contributed by atoms with Crippen LogP contribution in [0.2, 0.25) is 0 Å². The maximum Gasteiger partial charge on any atom is 0.268 e. The van der Waals surface area contributed by atoms with Crippen LogP contribution in [0.4, 0.5) is 11.9 Å². The summed E-state index contributed by atoms with van der Waals surface area (Å²) in [6.07, 6.45) is 2.07. The zero-order valence-corrected chi connectivity index (χ0v) is 16.8. The molecule has 1 aromatic heterocycles. The van der Waals surface area contributed by atoms with E-state index in [1.807, 2.05) is 60.7 Å². The molecule has 7 heteroatoms. The highest BCUT2D eigenvalue weighted by molar-refractivity contribution is 6.33. The Morgan fingerprint density at radius 3 is 2.00 bits per heavy atom. The van der Waals surface area contributed by atoms with Gasteiger partial charge in [-0.3, -0.25) is 9.59 Å². The van der Waals surface area contributed by atoms with Gasteiger partial charge in [0.1, 0.15) is 6.04 Å². The Morgan fingerprint density at radius 2 is 1.34 bits per heavy atom. The van der Waals surface area contributed by atoms with Crippen molar-refractivity contribution in [1.82, 2.24) is 14.8 Å². The van der Waals surface area contributed by atoms with Gasteiger partial charge < -0.3 is 5.32 Å². The van der Waals surface area contributed by atoms with Gasteiger partial charge in [-0.1, -0.05) is 72.8 Å². The summed E-state index contributed by atoms with van der Waals surface area (Å²) in [7, 11) is 0. The largest absolute Gasteiger partial charge is 0.324 e. The summed E-state index contributed by atoms with van der Waals surface area (Å²) < 4.78 is 1.71. The smallest absolute Gasteiger partial charge is 0.268 e. The monoisotopic (exact) mass is 419 g/mol. The van der Waals surface area contributed by atoms with E-state index in [9.17, 15) is 9.59 Å². The third kappa shape index (κ3) is 2.75. The fourth-order valence-electron chi connectivity index (χ4n) is 4.12. The molecule has 2 amide bonds. The maximum atomic E-state index is 12.9. The number of nitrogens with one attached hydrogen (secondary N) is 1. The molecule has 3 heterocycles. The maximum absolute atomic E-state index is 12.9. The van der Waals surface area contributed by atoms with Gasteiger partial charge in [-0.25, -0.2) is 9.58 Å². The van der Waals surface area contributed by atoms with Crippen LogP contribution in [0.25, 0.3) is 5.70 Å². The van der Waals surface area contributed by atoms with Gasteiger partial charge >= 0.3 is 0 Å². The first-order chi connectivity index (χ1) is 15.7. The van der Waals surface area contributed by atoms with E-state index in [0.29, 0.717) is 17.1 Å². The van der Waals surface area contributed by atoms with Crippen LogP contribution < -0.4 is 10.2 Å². The summed E-state index contributed by atoms with van der Waals surface area (Å²) >= 11 is 0. The number of fused-ring (bicyclic) bond motifs is 2. The van der Waals surface area contributed by atoms with E-state index in [-0.39, 0.29) is 12.0 Å².